The summed E-state index contributed by atoms with van der Waals surface area (Å²) in [7, 11) is 0. The summed E-state index contributed by atoms with van der Waals surface area (Å²) in [4.78, 5) is 42.2. The molecule has 7 heteroatoms. The Balaban J connectivity index is 1.35. The molecule has 146 valence electrons. The van der Waals surface area contributed by atoms with E-state index in [2.05, 4.69) is 24.0 Å². The third-order valence-electron chi connectivity index (χ3n) is 4.71. The smallest absolute Gasteiger partial charge is 0.326 e. The maximum Gasteiger partial charge on any atom is 0.326 e. The Morgan fingerprint density at radius 2 is 1.69 bits per heavy atom. The van der Waals surface area contributed by atoms with Crippen LogP contribution in [0.3, 0.4) is 0 Å². The van der Waals surface area contributed by atoms with E-state index in [4.69, 9.17) is 4.74 Å². The van der Waals surface area contributed by atoms with Crippen molar-refractivity contribution in [1.29, 1.82) is 0 Å². The van der Waals surface area contributed by atoms with E-state index < -0.39 is 24.3 Å². The lowest BCUT2D eigenvalue weighted by Gasteiger charge is -2.12. The molecule has 2 amide bonds. The van der Waals surface area contributed by atoms with Gasteiger partial charge in [-0.15, -0.1) is 11.3 Å². The van der Waals surface area contributed by atoms with Crippen molar-refractivity contribution in [2.45, 2.75) is 20.0 Å². The van der Waals surface area contributed by atoms with Gasteiger partial charge in [-0.3, -0.25) is 19.3 Å². The summed E-state index contributed by atoms with van der Waals surface area (Å²) >= 11 is 1.47. The van der Waals surface area contributed by atoms with E-state index in [0.29, 0.717) is 16.8 Å². The van der Waals surface area contributed by atoms with E-state index in [0.717, 1.165) is 21.9 Å². The van der Waals surface area contributed by atoms with E-state index in [1.807, 2.05) is 17.5 Å². The topological polar surface area (TPSA) is 76.6 Å². The van der Waals surface area contributed by atoms with Crippen molar-refractivity contribution in [3.05, 3.63) is 76.3 Å². The van der Waals surface area contributed by atoms with Gasteiger partial charge in [0.25, 0.3) is 11.8 Å². The largest absolute Gasteiger partial charge is 0.458 e. The number of amides is 2. The van der Waals surface area contributed by atoms with Crippen molar-refractivity contribution in [3.63, 3.8) is 0 Å². The molecule has 4 rings (SSSR count). The number of rotatable bonds is 6. The number of aromatic nitrogens is 1. The van der Waals surface area contributed by atoms with E-state index >= 15 is 0 Å². The van der Waals surface area contributed by atoms with Crippen LogP contribution in [0.25, 0.3) is 10.6 Å². The summed E-state index contributed by atoms with van der Waals surface area (Å²) in [6.45, 7) is 1.68. The third-order valence-corrected chi connectivity index (χ3v) is 5.65. The van der Waals surface area contributed by atoms with Crippen LogP contribution in [-0.2, 0) is 22.6 Å². The molecule has 2 aromatic carbocycles. The SMILES string of the molecule is CCc1ccc(-c2nc(COC(=O)CN3C(=O)c4ccccc4C3=O)cs2)cc1. The molecule has 0 saturated heterocycles. The van der Waals surface area contributed by atoms with Crippen LogP contribution in [0.5, 0.6) is 0 Å². The molecule has 6 nitrogen and oxygen atoms in total. The fourth-order valence-corrected chi connectivity index (χ4v) is 3.91. The van der Waals surface area contributed by atoms with Gasteiger partial charge in [-0.1, -0.05) is 43.3 Å². The van der Waals surface area contributed by atoms with Gasteiger partial charge in [-0.05, 0) is 24.1 Å². The van der Waals surface area contributed by atoms with E-state index in [9.17, 15) is 14.4 Å². The average Bonchev–Trinajstić information content (AvgIpc) is 3.32. The maximum absolute atomic E-state index is 12.3. The lowest BCUT2D eigenvalue weighted by atomic mass is 10.1. The molecule has 1 aromatic heterocycles. The lowest BCUT2D eigenvalue weighted by Crippen LogP contribution is -2.35. The Morgan fingerprint density at radius 3 is 2.31 bits per heavy atom. The molecule has 0 unspecified atom stereocenters. The highest BCUT2D eigenvalue weighted by Gasteiger charge is 2.36. The van der Waals surface area contributed by atoms with E-state index in [-0.39, 0.29) is 6.61 Å². The number of hydrogen-bond acceptors (Lipinski definition) is 6. The number of aryl methyl sites for hydroxylation is 1. The monoisotopic (exact) mass is 406 g/mol. The summed E-state index contributed by atoms with van der Waals surface area (Å²) in [5, 5.41) is 2.68. The van der Waals surface area contributed by atoms with Gasteiger partial charge in [0.1, 0.15) is 18.2 Å². The second kappa shape index (κ2) is 7.97. The van der Waals surface area contributed by atoms with Gasteiger partial charge in [0.2, 0.25) is 0 Å². The van der Waals surface area contributed by atoms with Crippen LogP contribution < -0.4 is 0 Å². The quantitative estimate of drug-likeness (QED) is 0.461. The van der Waals surface area contributed by atoms with Crippen LogP contribution in [0.1, 0.15) is 38.9 Å². The number of hydrogen-bond donors (Lipinski definition) is 0. The molecule has 0 atom stereocenters. The summed E-state index contributed by atoms with van der Waals surface area (Å²) < 4.78 is 5.23. The standard InChI is InChI=1S/C22H18N2O4S/c1-2-14-7-9-15(10-8-14)20-23-16(13-29-20)12-28-19(25)11-24-21(26)17-5-3-4-6-18(17)22(24)27/h3-10,13H,2,11-12H2,1H3. The molecule has 0 bridgehead atoms. The molecular formula is C22H18N2O4S. The summed E-state index contributed by atoms with van der Waals surface area (Å²) in [5.74, 6) is -1.61. The number of ether oxygens (including phenoxy) is 1. The number of esters is 1. The molecule has 3 aromatic rings. The lowest BCUT2D eigenvalue weighted by molar-refractivity contribution is -0.145. The second-order valence-corrected chi connectivity index (χ2v) is 7.46. The van der Waals surface area contributed by atoms with Crippen LogP contribution in [0.4, 0.5) is 0 Å². The fourth-order valence-electron chi connectivity index (χ4n) is 3.10. The van der Waals surface area contributed by atoms with Crippen molar-refractivity contribution in [2.24, 2.45) is 0 Å². The highest BCUT2D eigenvalue weighted by Crippen LogP contribution is 2.25. The van der Waals surface area contributed by atoms with Crippen molar-refractivity contribution in [1.82, 2.24) is 9.88 Å². The zero-order valence-corrected chi connectivity index (χ0v) is 16.6. The van der Waals surface area contributed by atoms with Gasteiger partial charge in [0.05, 0.1) is 16.8 Å². The predicted molar refractivity (Wildman–Crippen MR) is 109 cm³/mol. The molecule has 1 aliphatic heterocycles. The van der Waals surface area contributed by atoms with Crippen molar-refractivity contribution < 1.29 is 19.1 Å². The Kier molecular flexibility index (Phi) is 5.22. The summed E-state index contributed by atoms with van der Waals surface area (Å²) in [5.41, 5.74) is 3.51. The van der Waals surface area contributed by atoms with Gasteiger partial charge >= 0.3 is 5.97 Å². The van der Waals surface area contributed by atoms with Crippen LogP contribution in [0.2, 0.25) is 0 Å². The Morgan fingerprint density at radius 1 is 1.03 bits per heavy atom. The van der Waals surface area contributed by atoms with Crippen LogP contribution in [-0.4, -0.2) is 34.2 Å². The van der Waals surface area contributed by atoms with Crippen molar-refractivity contribution in [2.75, 3.05) is 6.54 Å². The van der Waals surface area contributed by atoms with Crippen LogP contribution in [0, 0.1) is 0 Å². The highest BCUT2D eigenvalue weighted by molar-refractivity contribution is 7.13. The minimum absolute atomic E-state index is 0.00839. The van der Waals surface area contributed by atoms with Crippen molar-refractivity contribution >= 4 is 29.1 Å². The van der Waals surface area contributed by atoms with Crippen LogP contribution >= 0.6 is 11.3 Å². The number of imide groups is 1. The molecule has 0 saturated carbocycles. The maximum atomic E-state index is 12.3. The van der Waals surface area contributed by atoms with E-state index in [1.165, 1.54) is 16.9 Å². The minimum Gasteiger partial charge on any atom is -0.458 e. The molecule has 29 heavy (non-hydrogen) atoms. The van der Waals surface area contributed by atoms with Crippen LogP contribution in [0.15, 0.2) is 53.9 Å². The summed E-state index contributed by atoms with van der Waals surface area (Å²) in [6.07, 6.45) is 0.979. The number of nitrogens with zero attached hydrogens (tertiary/aromatic N) is 2. The molecule has 2 heterocycles. The second-order valence-electron chi connectivity index (χ2n) is 6.60. The minimum atomic E-state index is -0.652. The Hall–Kier alpha value is -3.32. The number of thiazole rings is 1. The van der Waals surface area contributed by atoms with Gasteiger partial charge in [-0.25, -0.2) is 4.98 Å². The first-order valence-electron chi connectivity index (χ1n) is 9.21. The van der Waals surface area contributed by atoms with Crippen molar-refractivity contribution in [3.8, 4) is 10.6 Å². The highest BCUT2D eigenvalue weighted by atomic mass is 32.1. The normalized spacial score (nSPS) is 12.9. The number of carbonyl (C=O) groups excluding carboxylic acids is 3. The molecule has 0 fully saturated rings. The fraction of sp³-hybridized carbons (Fsp3) is 0.182. The first-order chi connectivity index (χ1) is 14.1. The Bertz CT molecular complexity index is 1050. The first kappa shape index (κ1) is 19.0. The summed E-state index contributed by atoms with van der Waals surface area (Å²) in [6, 6.07) is 14.7. The number of carbonyl (C=O) groups is 3. The number of benzene rings is 2. The molecule has 1 aliphatic rings. The molecular weight excluding hydrogens is 388 g/mol. The van der Waals surface area contributed by atoms with Gasteiger partial charge < -0.3 is 4.74 Å². The zero-order chi connectivity index (χ0) is 20.4. The van der Waals surface area contributed by atoms with Gasteiger partial charge in [0, 0.05) is 10.9 Å². The Labute approximate surface area is 171 Å². The van der Waals surface area contributed by atoms with Gasteiger partial charge in [-0.2, -0.15) is 0 Å². The van der Waals surface area contributed by atoms with Gasteiger partial charge in [0.15, 0.2) is 0 Å². The van der Waals surface area contributed by atoms with E-state index in [1.54, 1.807) is 24.3 Å². The molecule has 0 aliphatic carbocycles. The zero-order valence-electron chi connectivity index (χ0n) is 15.8. The third kappa shape index (κ3) is 3.82. The molecule has 0 N–H and O–H groups in total. The average molecular weight is 406 g/mol. The molecule has 0 spiro atoms. The first-order valence-corrected chi connectivity index (χ1v) is 10.1. The predicted octanol–water partition coefficient (Wildman–Crippen LogP) is 3.71. The molecule has 0 radical (unpaired) electrons. The number of fused-ring (bicyclic) bond motifs is 1.